The number of nitrogens with two attached hydrogens (primary N) is 1. The van der Waals surface area contributed by atoms with Gasteiger partial charge in [-0.1, -0.05) is 12.1 Å². The van der Waals surface area contributed by atoms with E-state index < -0.39 is 0 Å². The zero-order valence-electron chi connectivity index (χ0n) is 7.51. The minimum Gasteiger partial charge on any atom is -0.398 e. The molecule has 0 saturated heterocycles. The van der Waals surface area contributed by atoms with Crippen LogP contribution in [0.25, 0.3) is 0 Å². The van der Waals surface area contributed by atoms with E-state index in [0.29, 0.717) is 18.0 Å². The molecule has 1 rings (SSSR count). The normalized spacial score (nSPS) is 10.0. The van der Waals surface area contributed by atoms with Crippen LogP contribution in [0.2, 0.25) is 0 Å². The fraction of sp³-hybridized carbons (Fsp3) is 0.300. The second-order valence-corrected chi connectivity index (χ2v) is 3.31. The van der Waals surface area contributed by atoms with Crippen LogP contribution in [-0.2, 0) is 17.1 Å². The number of carbonyl (C=O) groups excluding carboxylic acids is 1. The van der Waals surface area contributed by atoms with Crippen molar-refractivity contribution in [2.24, 2.45) is 0 Å². The first kappa shape index (κ1) is 10.1. The molecule has 0 unspecified atom stereocenters. The third kappa shape index (κ3) is 2.74. The summed E-state index contributed by atoms with van der Waals surface area (Å²) in [5, 5.41) is 0. The van der Waals surface area contributed by atoms with E-state index in [1.54, 1.807) is 6.92 Å². The third-order valence-corrected chi connectivity index (χ3v) is 2.11. The van der Waals surface area contributed by atoms with Crippen molar-refractivity contribution in [3.63, 3.8) is 0 Å². The lowest BCUT2D eigenvalue weighted by Crippen LogP contribution is -2.01. The van der Waals surface area contributed by atoms with Gasteiger partial charge in [0.15, 0.2) is 0 Å². The van der Waals surface area contributed by atoms with Crippen LogP contribution in [0, 0.1) is 0 Å². The third-order valence-electron chi connectivity index (χ3n) is 1.80. The van der Waals surface area contributed by atoms with Gasteiger partial charge in [-0.15, -0.1) is 11.6 Å². The predicted octanol–water partition coefficient (Wildman–Crippen LogP) is 2.14. The number of anilines is 1. The summed E-state index contributed by atoms with van der Waals surface area (Å²) in [5.74, 6) is 0.565. The maximum Gasteiger partial charge on any atom is 0.134 e. The second kappa shape index (κ2) is 4.28. The molecular weight excluding hydrogens is 186 g/mol. The molecule has 1 aromatic carbocycles. The highest BCUT2D eigenvalue weighted by Gasteiger charge is 2.02. The highest BCUT2D eigenvalue weighted by molar-refractivity contribution is 6.17. The Kier molecular flexibility index (Phi) is 3.32. The Morgan fingerprint density at radius 3 is 2.69 bits per heavy atom. The summed E-state index contributed by atoms with van der Waals surface area (Å²) in [4.78, 5) is 10.8. The largest absolute Gasteiger partial charge is 0.398 e. The van der Waals surface area contributed by atoms with Gasteiger partial charge in [0, 0.05) is 18.0 Å². The van der Waals surface area contributed by atoms with Gasteiger partial charge in [0.25, 0.3) is 0 Å². The molecular formula is C10H12ClNO. The van der Waals surface area contributed by atoms with E-state index in [-0.39, 0.29) is 5.78 Å². The summed E-state index contributed by atoms with van der Waals surface area (Å²) in [6.07, 6.45) is 0.397. The summed E-state index contributed by atoms with van der Waals surface area (Å²) in [5.41, 5.74) is 8.24. The van der Waals surface area contributed by atoms with E-state index in [9.17, 15) is 4.79 Å². The first-order chi connectivity index (χ1) is 6.13. The number of carbonyl (C=O) groups is 1. The number of benzene rings is 1. The van der Waals surface area contributed by atoms with Crippen molar-refractivity contribution in [3.8, 4) is 0 Å². The topological polar surface area (TPSA) is 43.1 Å². The van der Waals surface area contributed by atoms with Gasteiger partial charge in [0.2, 0.25) is 0 Å². The maximum absolute atomic E-state index is 10.8. The second-order valence-electron chi connectivity index (χ2n) is 3.05. The molecule has 0 aliphatic heterocycles. The molecule has 0 radical (unpaired) electrons. The van der Waals surface area contributed by atoms with Crippen molar-refractivity contribution in [1.29, 1.82) is 0 Å². The number of halogens is 1. The van der Waals surface area contributed by atoms with Crippen LogP contribution >= 0.6 is 11.6 Å². The van der Waals surface area contributed by atoms with Crippen molar-refractivity contribution in [3.05, 3.63) is 29.3 Å². The van der Waals surface area contributed by atoms with Gasteiger partial charge in [-0.3, -0.25) is 4.79 Å². The lowest BCUT2D eigenvalue weighted by molar-refractivity contribution is -0.116. The molecule has 0 heterocycles. The van der Waals surface area contributed by atoms with Gasteiger partial charge < -0.3 is 5.73 Å². The van der Waals surface area contributed by atoms with Crippen LogP contribution in [-0.4, -0.2) is 5.78 Å². The summed E-state index contributed by atoms with van der Waals surface area (Å²) in [6, 6.07) is 5.56. The monoisotopic (exact) mass is 197 g/mol. The van der Waals surface area contributed by atoms with Crippen molar-refractivity contribution < 1.29 is 4.79 Å². The molecule has 2 nitrogen and oxygen atoms in total. The average Bonchev–Trinajstić information content (AvgIpc) is 2.08. The van der Waals surface area contributed by atoms with Gasteiger partial charge in [-0.25, -0.2) is 0 Å². The number of ketones is 1. The van der Waals surface area contributed by atoms with Gasteiger partial charge >= 0.3 is 0 Å². The number of alkyl halides is 1. The number of nitrogen functional groups attached to an aromatic ring is 1. The highest BCUT2D eigenvalue weighted by atomic mass is 35.5. The van der Waals surface area contributed by atoms with E-state index in [1.165, 1.54) is 0 Å². The number of hydrogen-bond donors (Lipinski definition) is 1. The van der Waals surface area contributed by atoms with Gasteiger partial charge in [-0.2, -0.15) is 0 Å². The Hall–Kier alpha value is -1.02. The molecule has 0 aliphatic rings. The molecule has 0 aromatic heterocycles. The minimum absolute atomic E-state index is 0.116. The van der Waals surface area contributed by atoms with Crippen LogP contribution in [0.5, 0.6) is 0 Å². The average molecular weight is 198 g/mol. The van der Waals surface area contributed by atoms with E-state index in [2.05, 4.69) is 0 Å². The lowest BCUT2D eigenvalue weighted by atomic mass is 10.1. The lowest BCUT2D eigenvalue weighted by Gasteiger charge is -2.04. The summed E-state index contributed by atoms with van der Waals surface area (Å²) >= 11 is 5.63. The van der Waals surface area contributed by atoms with Gasteiger partial charge in [-0.05, 0) is 24.1 Å². The molecule has 0 bridgehead atoms. The van der Waals surface area contributed by atoms with E-state index in [0.717, 1.165) is 11.1 Å². The smallest absolute Gasteiger partial charge is 0.134 e. The molecule has 13 heavy (non-hydrogen) atoms. The van der Waals surface area contributed by atoms with E-state index >= 15 is 0 Å². The Morgan fingerprint density at radius 2 is 2.23 bits per heavy atom. The van der Waals surface area contributed by atoms with Crippen LogP contribution in [0.1, 0.15) is 18.1 Å². The molecule has 0 saturated carbocycles. The molecule has 0 atom stereocenters. The highest BCUT2D eigenvalue weighted by Crippen LogP contribution is 2.16. The molecule has 0 aliphatic carbocycles. The maximum atomic E-state index is 10.8. The summed E-state index contributed by atoms with van der Waals surface area (Å²) < 4.78 is 0. The molecule has 0 spiro atoms. The van der Waals surface area contributed by atoms with Crippen molar-refractivity contribution in [1.82, 2.24) is 0 Å². The Balaban J connectivity index is 2.91. The van der Waals surface area contributed by atoms with Crippen LogP contribution < -0.4 is 5.73 Å². The van der Waals surface area contributed by atoms with Crippen molar-refractivity contribution in [2.45, 2.75) is 19.2 Å². The van der Waals surface area contributed by atoms with Crippen LogP contribution in [0.3, 0.4) is 0 Å². The molecule has 70 valence electrons. The first-order valence-electron chi connectivity index (χ1n) is 4.06. The van der Waals surface area contributed by atoms with Gasteiger partial charge in [0.1, 0.15) is 5.78 Å². The predicted molar refractivity (Wildman–Crippen MR) is 54.8 cm³/mol. The minimum atomic E-state index is 0.116. The zero-order valence-corrected chi connectivity index (χ0v) is 8.27. The number of hydrogen-bond acceptors (Lipinski definition) is 2. The molecule has 0 amide bonds. The van der Waals surface area contributed by atoms with Gasteiger partial charge in [0.05, 0.1) is 0 Å². The fourth-order valence-corrected chi connectivity index (χ4v) is 1.32. The Labute approximate surface area is 82.7 Å². The fourth-order valence-electron chi connectivity index (χ4n) is 1.16. The van der Waals surface area contributed by atoms with Crippen LogP contribution in [0.15, 0.2) is 18.2 Å². The standard InChI is InChI=1S/C10H12ClNO/c1-7(13)4-9-3-2-8(6-11)5-10(9)12/h2-3,5H,4,6,12H2,1H3. The van der Waals surface area contributed by atoms with E-state index in [4.69, 9.17) is 17.3 Å². The zero-order chi connectivity index (χ0) is 9.84. The summed E-state index contributed by atoms with van der Waals surface area (Å²) in [7, 11) is 0. The Morgan fingerprint density at radius 1 is 1.54 bits per heavy atom. The quantitative estimate of drug-likeness (QED) is 0.596. The summed E-state index contributed by atoms with van der Waals surface area (Å²) in [6.45, 7) is 1.55. The molecule has 0 fully saturated rings. The van der Waals surface area contributed by atoms with Crippen LogP contribution in [0.4, 0.5) is 5.69 Å². The SMILES string of the molecule is CC(=O)Cc1ccc(CCl)cc1N. The number of Topliss-reactive ketones (excluding diaryl/α,β-unsaturated/α-hetero) is 1. The molecule has 3 heteroatoms. The Bertz CT molecular complexity index is 323. The van der Waals surface area contributed by atoms with Crippen molar-refractivity contribution >= 4 is 23.1 Å². The number of rotatable bonds is 3. The molecule has 2 N–H and O–H groups in total. The molecule has 1 aromatic rings. The van der Waals surface area contributed by atoms with Crippen molar-refractivity contribution in [2.75, 3.05) is 5.73 Å². The first-order valence-corrected chi connectivity index (χ1v) is 4.59. The van der Waals surface area contributed by atoms with E-state index in [1.807, 2.05) is 18.2 Å².